The monoisotopic (exact) mass is 397 g/mol. The number of amides is 3. The van der Waals surface area contributed by atoms with E-state index in [0.29, 0.717) is 16.4 Å². The molecule has 3 rings (SSSR count). The van der Waals surface area contributed by atoms with Crippen LogP contribution in [0.5, 0.6) is 0 Å². The summed E-state index contributed by atoms with van der Waals surface area (Å²) in [6, 6.07) is 9.26. The number of ether oxygens (including phenoxy) is 1. The SMILES string of the molecule is CC(C)(C)OC(=O)Nc1ccc(CC(=O)ON2C(=O)c3ccccc3C2=O)nc1. The summed E-state index contributed by atoms with van der Waals surface area (Å²) in [4.78, 5) is 57.3. The van der Waals surface area contributed by atoms with Gasteiger partial charge in [-0.05, 0) is 45.0 Å². The maximum absolute atomic E-state index is 12.2. The highest BCUT2D eigenvalue weighted by Gasteiger charge is 2.38. The van der Waals surface area contributed by atoms with E-state index in [2.05, 4.69) is 10.3 Å². The number of rotatable bonds is 4. The number of nitrogens with one attached hydrogen (secondary N) is 1. The molecular weight excluding hydrogens is 378 g/mol. The van der Waals surface area contributed by atoms with Crippen molar-refractivity contribution in [3.8, 4) is 0 Å². The zero-order valence-corrected chi connectivity index (χ0v) is 16.1. The Labute approximate surface area is 166 Å². The Morgan fingerprint density at radius 2 is 1.66 bits per heavy atom. The normalized spacial score (nSPS) is 13.1. The van der Waals surface area contributed by atoms with Crippen LogP contribution < -0.4 is 5.32 Å². The standard InChI is InChI=1S/C20H19N3O6/c1-20(2,3)28-19(27)22-13-9-8-12(21-11-13)10-16(24)29-23-17(25)14-6-4-5-7-15(14)18(23)26/h4-9,11H,10H2,1-3H3,(H,22,27). The van der Waals surface area contributed by atoms with E-state index in [9.17, 15) is 19.2 Å². The smallest absolute Gasteiger partial charge is 0.412 e. The minimum Gasteiger partial charge on any atom is -0.444 e. The number of hydrogen-bond donors (Lipinski definition) is 1. The first-order chi connectivity index (χ1) is 13.6. The molecule has 0 saturated heterocycles. The van der Waals surface area contributed by atoms with E-state index in [-0.39, 0.29) is 17.5 Å². The predicted molar refractivity (Wildman–Crippen MR) is 101 cm³/mol. The summed E-state index contributed by atoms with van der Waals surface area (Å²) >= 11 is 0. The molecule has 3 amide bonds. The molecule has 0 radical (unpaired) electrons. The summed E-state index contributed by atoms with van der Waals surface area (Å²) in [5.74, 6) is -2.20. The highest BCUT2D eigenvalue weighted by atomic mass is 16.7. The molecule has 0 fully saturated rings. The van der Waals surface area contributed by atoms with Crippen molar-refractivity contribution in [3.63, 3.8) is 0 Å². The van der Waals surface area contributed by atoms with Gasteiger partial charge in [-0.3, -0.25) is 19.9 Å². The maximum atomic E-state index is 12.2. The van der Waals surface area contributed by atoms with Gasteiger partial charge in [0.25, 0.3) is 11.8 Å². The molecule has 150 valence electrons. The molecule has 0 saturated carbocycles. The van der Waals surface area contributed by atoms with Crippen LogP contribution >= 0.6 is 0 Å². The number of nitrogens with zero attached hydrogens (tertiary/aromatic N) is 2. The van der Waals surface area contributed by atoms with Crippen LogP contribution in [0.4, 0.5) is 10.5 Å². The van der Waals surface area contributed by atoms with Gasteiger partial charge in [0.1, 0.15) is 5.60 Å². The van der Waals surface area contributed by atoms with Crippen LogP contribution in [0.2, 0.25) is 0 Å². The van der Waals surface area contributed by atoms with Crippen LogP contribution in [0.25, 0.3) is 0 Å². The van der Waals surface area contributed by atoms with E-state index >= 15 is 0 Å². The molecule has 1 aliphatic rings. The number of anilines is 1. The summed E-state index contributed by atoms with van der Waals surface area (Å²) in [7, 11) is 0. The molecule has 0 unspecified atom stereocenters. The first-order valence-corrected chi connectivity index (χ1v) is 8.77. The van der Waals surface area contributed by atoms with E-state index in [0.717, 1.165) is 0 Å². The number of imide groups is 1. The zero-order valence-electron chi connectivity index (χ0n) is 16.1. The Morgan fingerprint density at radius 1 is 1.03 bits per heavy atom. The number of aromatic nitrogens is 1. The fraction of sp³-hybridized carbons (Fsp3) is 0.250. The van der Waals surface area contributed by atoms with E-state index in [1.807, 2.05) is 0 Å². The van der Waals surface area contributed by atoms with Gasteiger partial charge in [-0.25, -0.2) is 9.59 Å². The number of hydroxylamine groups is 2. The second-order valence-corrected chi connectivity index (χ2v) is 7.26. The molecule has 1 aromatic carbocycles. The molecule has 1 aliphatic heterocycles. The third-order valence-corrected chi connectivity index (χ3v) is 3.75. The topological polar surface area (TPSA) is 115 Å². The Morgan fingerprint density at radius 3 is 2.17 bits per heavy atom. The summed E-state index contributed by atoms with van der Waals surface area (Å²) in [5.41, 5.74) is 0.450. The lowest BCUT2D eigenvalue weighted by Gasteiger charge is -2.19. The number of benzene rings is 1. The van der Waals surface area contributed by atoms with Crippen molar-refractivity contribution in [3.05, 3.63) is 59.4 Å². The number of pyridine rings is 1. The van der Waals surface area contributed by atoms with E-state index in [1.54, 1.807) is 39.0 Å². The van der Waals surface area contributed by atoms with Crippen LogP contribution in [-0.4, -0.2) is 39.5 Å². The zero-order chi connectivity index (χ0) is 21.2. The van der Waals surface area contributed by atoms with Gasteiger partial charge in [0.2, 0.25) is 0 Å². The average Bonchev–Trinajstić information content (AvgIpc) is 2.87. The van der Waals surface area contributed by atoms with Crippen molar-refractivity contribution in [2.75, 3.05) is 5.32 Å². The molecular formula is C20H19N3O6. The first kappa shape index (κ1) is 20.0. The molecule has 0 bridgehead atoms. The number of hydrogen-bond acceptors (Lipinski definition) is 7. The van der Waals surface area contributed by atoms with Crippen molar-refractivity contribution in [2.45, 2.75) is 32.8 Å². The highest BCUT2D eigenvalue weighted by Crippen LogP contribution is 2.23. The third-order valence-electron chi connectivity index (χ3n) is 3.75. The van der Waals surface area contributed by atoms with Gasteiger partial charge in [-0.15, -0.1) is 0 Å². The second-order valence-electron chi connectivity index (χ2n) is 7.26. The van der Waals surface area contributed by atoms with Gasteiger partial charge < -0.3 is 9.57 Å². The fourth-order valence-corrected chi connectivity index (χ4v) is 2.56. The van der Waals surface area contributed by atoms with E-state index in [4.69, 9.17) is 9.57 Å². The lowest BCUT2D eigenvalue weighted by atomic mass is 10.1. The Kier molecular flexibility index (Phi) is 5.31. The summed E-state index contributed by atoms with van der Waals surface area (Å²) in [5, 5.41) is 2.97. The summed E-state index contributed by atoms with van der Waals surface area (Å²) in [6.45, 7) is 5.23. The molecule has 1 aromatic heterocycles. The van der Waals surface area contributed by atoms with Gasteiger partial charge in [0.15, 0.2) is 0 Å². The second kappa shape index (κ2) is 7.70. The van der Waals surface area contributed by atoms with Crippen molar-refractivity contribution >= 4 is 29.6 Å². The summed E-state index contributed by atoms with van der Waals surface area (Å²) in [6.07, 6.45) is 0.464. The minimum atomic E-state index is -0.820. The van der Waals surface area contributed by atoms with Crippen LogP contribution in [0.1, 0.15) is 47.2 Å². The molecule has 29 heavy (non-hydrogen) atoms. The molecule has 0 atom stereocenters. The average molecular weight is 397 g/mol. The van der Waals surface area contributed by atoms with Crippen LogP contribution in [0.15, 0.2) is 42.6 Å². The van der Waals surface area contributed by atoms with Gasteiger partial charge >= 0.3 is 12.1 Å². The minimum absolute atomic E-state index is 0.181. The Hall–Kier alpha value is -3.75. The predicted octanol–water partition coefficient (Wildman–Crippen LogP) is 2.73. The van der Waals surface area contributed by atoms with Gasteiger partial charge in [-0.1, -0.05) is 17.2 Å². The largest absolute Gasteiger partial charge is 0.444 e. The number of carbonyl (C=O) groups is 4. The van der Waals surface area contributed by atoms with Crippen LogP contribution in [0.3, 0.4) is 0 Å². The first-order valence-electron chi connectivity index (χ1n) is 8.77. The van der Waals surface area contributed by atoms with Crippen molar-refractivity contribution in [1.29, 1.82) is 0 Å². The fourth-order valence-electron chi connectivity index (χ4n) is 2.56. The lowest BCUT2D eigenvalue weighted by molar-refractivity contribution is -0.167. The molecule has 1 N–H and O–H groups in total. The maximum Gasteiger partial charge on any atom is 0.412 e. The molecule has 0 spiro atoms. The molecule has 2 aromatic rings. The highest BCUT2D eigenvalue weighted by molar-refractivity contribution is 6.20. The Bertz CT molecular complexity index is 943. The van der Waals surface area contributed by atoms with Crippen molar-refractivity contribution in [1.82, 2.24) is 10.0 Å². The van der Waals surface area contributed by atoms with Gasteiger partial charge in [0.05, 0.1) is 35.1 Å². The van der Waals surface area contributed by atoms with Gasteiger partial charge in [-0.2, -0.15) is 0 Å². The molecule has 0 aliphatic carbocycles. The third kappa shape index (κ3) is 4.75. The van der Waals surface area contributed by atoms with E-state index < -0.39 is 29.5 Å². The van der Waals surface area contributed by atoms with Crippen LogP contribution in [0, 0.1) is 0 Å². The molecule has 2 heterocycles. The summed E-state index contributed by atoms with van der Waals surface area (Å²) < 4.78 is 5.14. The number of carbonyl (C=O) groups excluding carboxylic acids is 4. The molecule has 9 nitrogen and oxygen atoms in total. The van der Waals surface area contributed by atoms with E-state index in [1.165, 1.54) is 24.4 Å². The number of fused-ring (bicyclic) bond motifs is 1. The van der Waals surface area contributed by atoms with Crippen molar-refractivity contribution < 1.29 is 28.8 Å². The molecule has 9 heteroatoms. The lowest BCUT2D eigenvalue weighted by Crippen LogP contribution is -2.33. The van der Waals surface area contributed by atoms with Crippen molar-refractivity contribution in [2.24, 2.45) is 0 Å². The Balaban J connectivity index is 1.57. The van der Waals surface area contributed by atoms with Crippen LogP contribution in [-0.2, 0) is 20.8 Å². The quantitative estimate of drug-likeness (QED) is 0.789. The van der Waals surface area contributed by atoms with Gasteiger partial charge in [0, 0.05) is 0 Å².